The van der Waals surface area contributed by atoms with Crippen molar-refractivity contribution in [3.8, 4) is 5.75 Å². The average Bonchev–Trinajstić information content (AvgIpc) is 2.93. The molecule has 108 valence electrons. The third kappa shape index (κ3) is 2.44. The maximum absolute atomic E-state index is 12.5. The fourth-order valence-corrected chi connectivity index (χ4v) is 3.33. The summed E-state index contributed by atoms with van der Waals surface area (Å²) in [7, 11) is 0. The zero-order valence-electron chi connectivity index (χ0n) is 11.7. The minimum Gasteiger partial charge on any atom is -0.492 e. The summed E-state index contributed by atoms with van der Waals surface area (Å²) in [5.74, 6) is 0.666. The Bertz CT molecular complexity index is 545. The number of hydrogen-bond acceptors (Lipinski definition) is 3. The Labute approximate surface area is 127 Å². The summed E-state index contributed by atoms with van der Waals surface area (Å²) in [4.78, 5) is 12.5. The van der Waals surface area contributed by atoms with Crippen LogP contribution in [0.2, 0.25) is 0 Å². The summed E-state index contributed by atoms with van der Waals surface area (Å²) in [5.41, 5.74) is 0.926. The number of benzene rings is 1. The molecule has 1 amide bonds. The van der Waals surface area contributed by atoms with Crippen LogP contribution in [0, 0.1) is 0 Å². The van der Waals surface area contributed by atoms with Crippen molar-refractivity contribution in [2.75, 3.05) is 13.2 Å². The fourth-order valence-electron chi connectivity index (χ4n) is 2.95. The number of nitrogens with one attached hydrogen (secondary N) is 2. The lowest BCUT2D eigenvalue weighted by Crippen LogP contribution is -2.51. The third-order valence-electron chi connectivity index (χ3n) is 4.27. The summed E-state index contributed by atoms with van der Waals surface area (Å²) >= 11 is 3.45. The van der Waals surface area contributed by atoms with Gasteiger partial charge in [0.25, 0.3) is 0 Å². The molecular formula is C15H19BrN2O2. The van der Waals surface area contributed by atoms with E-state index in [9.17, 15) is 4.79 Å². The van der Waals surface area contributed by atoms with E-state index in [4.69, 9.17) is 4.74 Å². The first-order valence-corrected chi connectivity index (χ1v) is 7.74. The van der Waals surface area contributed by atoms with Gasteiger partial charge in [0.2, 0.25) is 5.91 Å². The van der Waals surface area contributed by atoms with Crippen molar-refractivity contribution in [1.82, 2.24) is 10.6 Å². The van der Waals surface area contributed by atoms with E-state index in [0.717, 1.165) is 28.8 Å². The molecule has 0 aliphatic carbocycles. The smallest absolute Gasteiger partial charge is 0.231 e. The third-order valence-corrected chi connectivity index (χ3v) is 4.76. The molecular weight excluding hydrogens is 320 g/mol. The van der Waals surface area contributed by atoms with Crippen LogP contribution in [0.1, 0.15) is 31.7 Å². The van der Waals surface area contributed by atoms with Gasteiger partial charge in [0.05, 0.1) is 0 Å². The van der Waals surface area contributed by atoms with Crippen molar-refractivity contribution in [2.24, 2.45) is 0 Å². The van der Waals surface area contributed by atoms with Crippen LogP contribution in [-0.4, -0.2) is 30.6 Å². The minimum atomic E-state index is -0.209. The lowest BCUT2D eigenvalue weighted by atomic mass is 9.94. The highest BCUT2D eigenvalue weighted by Gasteiger charge is 2.38. The number of halogens is 1. The molecule has 1 fully saturated rings. The molecule has 1 aromatic rings. The highest BCUT2D eigenvalue weighted by atomic mass is 79.9. The van der Waals surface area contributed by atoms with Gasteiger partial charge in [-0.2, -0.15) is 0 Å². The zero-order valence-corrected chi connectivity index (χ0v) is 13.3. The Kier molecular flexibility index (Phi) is 3.50. The molecule has 2 unspecified atom stereocenters. The van der Waals surface area contributed by atoms with Crippen molar-refractivity contribution >= 4 is 21.8 Å². The van der Waals surface area contributed by atoms with E-state index in [1.165, 1.54) is 0 Å². The van der Waals surface area contributed by atoms with Gasteiger partial charge in [-0.15, -0.1) is 0 Å². The SMILES string of the molecule is CC1(C)NCCC1NC(=O)C1COc2ccc(Br)cc21. The van der Waals surface area contributed by atoms with Crippen molar-refractivity contribution in [3.05, 3.63) is 28.2 Å². The number of ether oxygens (including phenoxy) is 1. The summed E-state index contributed by atoms with van der Waals surface area (Å²) in [6.07, 6.45) is 0.970. The van der Waals surface area contributed by atoms with Crippen LogP contribution in [-0.2, 0) is 4.79 Å². The molecule has 0 radical (unpaired) electrons. The van der Waals surface area contributed by atoms with Gasteiger partial charge in [-0.3, -0.25) is 4.79 Å². The summed E-state index contributed by atoms with van der Waals surface area (Å²) in [6.45, 7) is 5.63. The Morgan fingerprint density at radius 2 is 2.30 bits per heavy atom. The molecule has 1 aromatic carbocycles. The van der Waals surface area contributed by atoms with Gasteiger partial charge in [-0.1, -0.05) is 15.9 Å². The Balaban J connectivity index is 1.75. The molecule has 4 nitrogen and oxygen atoms in total. The zero-order chi connectivity index (χ0) is 14.3. The molecule has 2 aliphatic heterocycles. The van der Waals surface area contributed by atoms with E-state index in [1.54, 1.807) is 0 Å². The van der Waals surface area contributed by atoms with Gasteiger partial charge < -0.3 is 15.4 Å². The molecule has 0 bridgehead atoms. The molecule has 0 aromatic heterocycles. The van der Waals surface area contributed by atoms with E-state index in [2.05, 4.69) is 40.4 Å². The fraction of sp³-hybridized carbons (Fsp3) is 0.533. The number of fused-ring (bicyclic) bond motifs is 1. The number of carbonyl (C=O) groups excluding carboxylic acids is 1. The summed E-state index contributed by atoms with van der Waals surface area (Å²) < 4.78 is 6.58. The van der Waals surface area contributed by atoms with Crippen LogP contribution in [0.25, 0.3) is 0 Å². The summed E-state index contributed by atoms with van der Waals surface area (Å²) in [5, 5.41) is 6.59. The predicted octanol–water partition coefficient (Wildman–Crippen LogP) is 2.18. The first-order chi connectivity index (χ1) is 9.47. The molecule has 0 saturated carbocycles. The highest BCUT2D eigenvalue weighted by molar-refractivity contribution is 9.10. The highest BCUT2D eigenvalue weighted by Crippen LogP contribution is 2.36. The molecule has 2 N–H and O–H groups in total. The van der Waals surface area contributed by atoms with Crippen LogP contribution in [0.15, 0.2) is 22.7 Å². The van der Waals surface area contributed by atoms with Crippen molar-refractivity contribution < 1.29 is 9.53 Å². The molecule has 3 rings (SSSR count). The molecule has 1 saturated heterocycles. The Hall–Kier alpha value is -1.07. The van der Waals surface area contributed by atoms with Crippen molar-refractivity contribution in [3.63, 3.8) is 0 Å². The second kappa shape index (κ2) is 5.04. The lowest BCUT2D eigenvalue weighted by Gasteiger charge is -2.28. The van der Waals surface area contributed by atoms with Gasteiger partial charge in [0.1, 0.15) is 18.3 Å². The number of hydrogen-bond donors (Lipinski definition) is 2. The van der Waals surface area contributed by atoms with E-state index in [1.807, 2.05) is 18.2 Å². The maximum atomic E-state index is 12.5. The Morgan fingerprint density at radius 3 is 3.00 bits per heavy atom. The monoisotopic (exact) mass is 338 g/mol. The van der Waals surface area contributed by atoms with E-state index < -0.39 is 0 Å². The number of rotatable bonds is 2. The standard InChI is InChI=1S/C15H19BrN2O2/c1-15(2)13(5-6-17-15)18-14(19)11-8-20-12-4-3-9(16)7-10(11)12/h3-4,7,11,13,17H,5-6,8H2,1-2H3,(H,18,19). The van der Waals surface area contributed by atoms with Crippen molar-refractivity contribution in [2.45, 2.75) is 37.8 Å². The van der Waals surface area contributed by atoms with Gasteiger partial charge in [-0.25, -0.2) is 0 Å². The Morgan fingerprint density at radius 1 is 1.50 bits per heavy atom. The van der Waals surface area contributed by atoms with Gasteiger partial charge >= 0.3 is 0 Å². The predicted molar refractivity (Wildman–Crippen MR) is 81.0 cm³/mol. The van der Waals surface area contributed by atoms with E-state index >= 15 is 0 Å². The molecule has 5 heteroatoms. The van der Waals surface area contributed by atoms with Gasteiger partial charge in [0.15, 0.2) is 0 Å². The molecule has 2 aliphatic rings. The molecule has 0 spiro atoms. The van der Waals surface area contributed by atoms with Gasteiger partial charge in [0, 0.05) is 21.6 Å². The second-order valence-electron chi connectivity index (χ2n) is 6.04. The van der Waals surface area contributed by atoms with Gasteiger partial charge in [-0.05, 0) is 45.0 Å². The number of carbonyl (C=O) groups is 1. The van der Waals surface area contributed by atoms with Crippen LogP contribution in [0.5, 0.6) is 5.75 Å². The van der Waals surface area contributed by atoms with Crippen molar-refractivity contribution in [1.29, 1.82) is 0 Å². The first-order valence-electron chi connectivity index (χ1n) is 6.95. The van der Waals surface area contributed by atoms with E-state index in [0.29, 0.717) is 6.61 Å². The molecule has 2 heterocycles. The van der Waals surface area contributed by atoms with E-state index in [-0.39, 0.29) is 23.4 Å². The molecule has 2 atom stereocenters. The largest absolute Gasteiger partial charge is 0.492 e. The number of amides is 1. The van der Waals surface area contributed by atoms with Crippen LogP contribution < -0.4 is 15.4 Å². The topological polar surface area (TPSA) is 50.4 Å². The minimum absolute atomic E-state index is 0.0464. The average molecular weight is 339 g/mol. The van der Waals surface area contributed by atoms with Crippen LogP contribution >= 0.6 is 15.9 Å². The van der Waals surface area contributed by atoms with Crippen LogP contribution in [0.4, 0.5) is 0 Å². The van der Waals surface area contributed by atoms with Crippen LogP contribution in [0.3, 0.4) is 0 Å². The second-order valence-corrected chi connectivity index (χ2v) is 6.96. The lowest BCUT2D eigenvalue weighted by molar-refractivity contribution is -0.123. The summed E-state index contributed by atoms with van der Waals surface area (Å²) in [6, 6.07) is 5.99. The quantitative estimate of drug-likeness (QED) is 0.868. The normalized spacial score (nSPS) is 26.9. The first kappa shape index (κ1) is 13.9. The molecule has 20 heavy (non-hydrogen) atoms. The maximum Gasteiger partial charge on any atom is 0.231 e.